The standard InChI is InChI=1S/C17H14O3/c1-19-16(18)11-6-7-15-14(8-11)17(10-20-15)9-12-4-2-3-5-13(12)17/h2-8H,9-10H2,1H3. The van der Waals surface area contributed by atoms with Crippen LogP contribution >= 0.6 is 0 Å². The lowest BCUT2D eigenvalue weighted by Crippen LogP contribution is -2.41. The van der Waals surface area contributed by atoms with Gasteiger partial charge in [0.2, 0.25) is 0 Å². The number of hydrogen-bond donors (Lipinski definition) is 0. The number of methoxy groups -OCH3 is 1. The molecule has 0 saturated carbocycles. The zero-order valence-electron chi connectivity index (χ0n) is 11.2. The minimum Gasteiger partial charge on any atom is -0.492 e. The maximum Gasteiger partial charge on any atom is 0.337 e. The van der Waals surface area contributed by atoms with Gasteiger partial charge in [0.15, 0.2) is 0 Å². The van der Waals surface area contributed by atoms with Crippen molar-refractivity contribution in [3.8, 4) is 5.75 Å². The van der Waals surface area contributed by atoms with Crippen molar-refractivity contribution in [2.75, 3.05) is 13.7 Å². The molecule has 1 aliphatic carbocycles. The van der Waals surface area contributed by atoms with Crippen molar-refractivity contribution >= 4 is 5.97 Å². The third-order valence-corrected chi connectivity index (χ3v) is 4.42. The first kappa shape index (κ1) is 11.5. The predicted molar refractivity (Wildman–Crippen MR) is 74.2 cm³/mol. The second-order valence-electron chi connectivity index (χ2n) is 5.41. The molecule has 1 spiro atoms. The van der Waals surface area contributed by atoms with Gasteiger partial charge in [-0.15, -0.1) is 0 Å². The van der Waals surface area contributed by atoms with Crippen LogP contribution in [0.25, 0.3) is 0 Å². The van der Waals surface area contributed by atoms with Crippen molar-refractivity contribution < 1.29 is 14.3 Å². The third kappa shape index (κ3) is 1.32. The molecule has 0 saturated heterocycles. The van der Waals surface area contributed by atoms with Crippen LogP contribution in [0.2, 0.25) is 0 Å². The van der Waals surface area contributed by atoms with Gasteiger partial charge in [0.25, 0.3) is 0 Å². The minimum absolute atomic E-state index is 0.0735. The van der Waals surface area contributed by atoms with Gasteiger partial charge in [-0.25, -0.2) is 4.79 Å². The van der Waals surface area contributed by atoms with E-state index in [1.54, 1.807) is 6.07 Å². The Hall–Kier alpha value is -2.29. The molecule has 0 bridgehead atoms. The zero-order chi connectivity index (χ0) is 13.7. The lowest BCUT2D eigenvalue weighted by molar-refractivity contribution is 0.0600. The third-order valence-electron chi connectivity index (χ3n) is 4.42. The van der Waals surface area contributed by atoms with Gasteiger partial charge in [0.1, 0.15) is 12.4 Å². The molecule has 0 fully saturated rings. The molecule has 1 unspecified atom stereocenters. The smallest absolute Gasteiger partial charge is 0.337 e. The summed E-state index contributed by atoms with van der Waals surface area (Å²) in [6.07, 6.45) is 0.973. The van der Waals surface area contributed by atoms with Crippen LogP contribution in [0, 0.1) is 0 Å². The number of ether oxygens (including phenoxy) is 2. The Balaban J connectivity index is 1.85. The van der Waals surface area contributed by atoms with Gasteiger partial charge in [-0.3, -0.25) is 0 Å². The van der Waals surface area contributed by atoms with E-state index in [4.69, 9.17) is 9.47 Å². The van der Waals surface area contributed by atoms with Crippen molar-refractivity contribution in [3.05, 3.63) is 64.7 Å². The fourth-order valence-corrected chi connectivity index (χ4v) is 3.38. The maximum absolute atomic E-state index is 11.7. The van der Waals surface area contributed by atoms with Crippen molar-refractivity contribution in [3.63, 3.8) is 0 Å². The summed E-state index contributed by atoms with van der Waals surface area (Å²) in [7, 11) is 1.40. The fourth-order valence-electron chi connectivity index (χ4n) is 3.38. The van der Waals surface area contributed by atoms with Crippen LogP contribution in [0.4, 0.5) is 0 Å². The summed E-state index contributed by atoms with van der Waals surface area (Å²) in [4.78, 5) is 11.7. The quantitative estimate of drug-likeness (QED) is 0.744. The zero-order valence-corrected chi connectivity index (χ0v) is 11.2. The highest BCUT2D eigenvalue weighted by atomic mass is 16.5. The Morgan fingerprint density at radius 1 is 1.20 bits per heavy atom. The van der Waals surface area contributed by atoms with Gasteiger partial charge < -0.3 is 9.47 Å². The molecule has 0 N–H and O–H groups in total. The Bertz CT molecular complexity index is 720. The van der Waals surface area contributed by atoms with E-state index in [1.165, 1.54) is 18.2 Å². The normalized spacial score (nSPS) is 21.6. The molecule has 0 radical (unpaired) electrons. The second kappa shape index (κ2) is 3.85. The van der Waals surface area contributed by atoms with E-state index in [9.17, 15) is 4.79 Å². The Kier molecular flexibility index (Phi) is 2.22. The minimum atomic E-state index is -0.303. The fraction of sp³-hybridized carbons (Fsp3) is 0.235. The summed E-state index contributed by atoms with van der Waals surface area (Å²) >= 11 is 0. The van der Waals surface area contributed by atoms with Crippen LogP contribution in [0.15, 0.2) is 42.5 Å². The van der Waals surface area contributed by atoms with E-state index in [1.807, 2.05) is 12.1 Å². The molecular weight excluding hydrogens is 252 g/mol. The van der Waals surface area contributed by atoms with Crippen LogP contribution in [0.5, 0.6) is 5.75 Å². The summed E-state index contributed by atoms with van der Waals surface area (Å²) in [6.45, 7) is 0.657. The van der Waals surface area contributed by atoms with Gasteiger partial charge in [0.05, 0.1) is 18.1 Å². The van der Waals surface area contributed by atoms with Crippen molar-refractivity contribution in [1.82, 2.24) is 0 Å². The Morgan fingerprint density at radius 2 is 2.05 bits per heavy atom. The number of fused-ring (bicyclic) bond motifs is 4. The summed E-state index contributed by atoms with van der Waals surface area (Å²) < 4.78 is 10.6. The first-order valence-corrected chi connectivity index (χ1v) is 6.69. The molecule has 3 heteroatoms. The molecule has 0 amide bonds. The summed E-state index contributed by atoms with van der Waals surface area (Å²) in [6, 6.07) is 14.0. The molecule has 20 heavy (non-hydrogen) atoms. The highest BCUT2D eigenvalue weighted by Crippen LogP contribution is 2.52. The highest BCUT2D eigenvalue weighted by Gasteiger charge is 2.49. The van der Waals surface area contributed by atoms with Gasteiger partial charge >= 0.3 is 5.97 Å². The molecule has 100 valence electrons. The first-order valence-electron chi connectivity index (χ1n) is 6.69. The van der Waals surface area contributed by atoms with E-state index in [0.29, 0.717) is 12.2 Å². The Labute approximate surface area is 117 Å². The van der Waals surface area contributed by atoms with Crippen molar-refractivity contribution in [1.29, 1.82) is 0 Å². The number of esters is 1. The van der Waals surface area contributed by atoms with E-state index < -0.39 is 0 Å². The second-order valence-corrected chi connectivity index (χ2v) is 5.41. The maximum atomic E-state index is 11.7. The molecule has 0 aromatic heterocycles. The largest absolute Gasteiger partial charge is 0.492 e. The molecule has 4 rings (SSSR count). The van der Waals surface area contributed by atoms with E-state index >= 15 is 0 Å². The number of benzene rings is 2. The lowest BCUT2D eigenvalue weighted by atomic mass is 9.61. The number of hydrogen-bond acceptors (Lipinski definition) is 3. The monoisotopic (exact) mass is 266 g/mol. The number of carbonyl (C=O) groups is 1. The molecule has 1 aliphatic heterocycles. The van der Waals surface area contributed by atoms with Gasteiger partial charge in [-0.05, 0) is 35.7 Å². The molecule has 1 heterocycles. The van der Waals surface area contributed by atoms with Crippen LogP contribution in [-0.2, 0) is 16.6 Å². The molecule has 2 aromatic carbocycles. The summed E-state index contributed by atoms with van der Waals surface area (Å²) in [5.74, 6) is 0.578. The summed E-state index contributed by atoms with van der Waals surface area (Å²) in [5.41, 5.74) is 4.31. The number of rotatable bonds is 1. The van der Waals surface area contributed by atoms with Gasteiger partial charge in [0, 0.05) is 5.56 Å². The number of carbonyl (C=O) groups excluding carboxylic acids is 1. The first-order chi connectivity index (χ1) is 9.74. The molecule has 3 nitrogen and oxygen atoms in total. The van der Waals surface area contributed by atoms with Gasteiger partial charge in [-0.2, -0.15) is 0 Å². The van der Waals surface area contributed by atoms with Crippen LogP contribution in [0.3, 0.4) is 0 Å². The van der Waals surface area contributed by atoms with Crippen molar-refractivity contribution in [2.45, 2.75) is 11.8 Å². The summed E-state index contributed by atoms with van der Waals surface area (Å²) in [5, 5.41) is 0. The Morgan fingerprint density at radius 3 is 2.85 bits per heavy atom. The molecular formula is C17H14O3. The average Bonchev–Trinajstić information content (AvgIpc) is 2.86. The van der Waals surface area contributed by atoms with Gasteiger partial charge in [-0.1, -0.05) is 24.3 Å². The van der Waals surface area contributed by atoms with Crippen molar-refractivity contribution in [2.24, 2.45) is 0 Å². The van der Waals surface area contributed by atoms with E-state index in [2.05, 4.69) is 24.3 Å². The van der Waals surface area contributed by atoms with E-state index in [0.717, 1.165) is 17.7 Å². The van der Waals surface area contributed by atoms with E-state index in [-0.39, 0.29) is 11.4 Å². The highest BCUT2D eigenvalue weighted by molar-refractivity contribution is 5.90. The van der Waals surface area contributed by atoms with Crippen LogP contribution < -0.4 is 4.74 Å². The molecule has 1 atom stereocenters. The predicted octanol–water partition coefficient (Wildman–Crippen LogP) is 2.71. The average molecular weight is 266 g/mol. The van der Waals surface area contributed by atoms with Crippen LogP contribution in [0.1, 0.15) is 27.0 Å². The van der Waals surface area contributed by atoms with Crippen LogP contribution in [-0.4, -0.2) is 19.7 Å². The molecule has 2 aromatic rings. The SMILES string of the molecule is COC(=O)c1ccc2c(c1)C1(CO2)Cc2ccccc21. The topological polar surface area (TPSA) is 35.5 Å². The molecule has 2 aliphatic rings. The lowest BCUT2D eigenvalue weighted by Gasteiger charge is -2.40.